The van der Waals surface area contributed by atoms with Gasteiger partial charge in [-0.15, -0.1) is 0 Å². The van der Waals surface area contributed by atoms with Crippen LogP contribution in [0, 0.1) is 0 Å². The average molecular weight is 382 g/mol. The molecule has 6 nitrogen and oxygen atoms in total. The Bertz CT molecular complexity index is 865. The number of methoxy groups -OCH3 is 1. The number of carbonyl (C=O) groups is 2. The van der Waals surface area contributed by atoms with Crippen LogP contribution in [0.5, 0.6) is 11.5 Å². The van der Waals surface area contributed by atoms with Gasteiger partial charge in [0.05, 0.1) is 7.11 Å². The summed E-state index contributed by atoms with van der Waals surface area (Å²) in [5, 5.41) is 2.83. The summed E-state index contributed by atoms with van der Waals surface area (Å²) in [7, 11) is 1.49. The third-order valence-electron chi connectivity index (χ3n) is 4.00. The van der Waals surface area contributed by atoms with Gasteiger partial charge < -0.3 is 20.5 Å². The van der Waals surface area contributed by atoms with Crippen molar-refractivity contribution in [2.45, 2.75) is 26.2 Å². The topological polar surface area (TPSA) is 90.7 Å². The predicted molar refractivity (Wildman–Crippen MR) is 110 cm³/mol. The van der Waals surface area contributed by atoms with Crippen LogP contribution in [0.3, 0.4) is 0 Å². The molecule has 2 aromatic rings. The van der Waals surface area contributed by atoms with Crippen molar-refractivity contribution >= 4 is 23.6 Å². The molecule has 6 heteroatoms. The standard InChI is InChI=1S/C22H26N2O4/c1-22(2,3)16-7-9-17(10-8-16)24-21(26)12-6-15-5-11-18(19(13-15)27-4)28-14-20(23)25/h5-13H,14H2,1-4H3,(H2,23,25)(H,24,26). The summed E-state index contributed by atoms with van der Waals surface area (Å²) >= 11 is 0. The quantitative estimate of drug-likeness (QED) is 0.717. The van der Waals surface area contributed by atoms with E-state index in [0.29, 0.717) is 11.5 Å². The summed E-state index contributed by atoms with van der Waals surface area (Å²) in [6.07, 6.45) is 3.11. The lowest BCUT2D eigenvalue weighted by atomic mass is 9.87. The molecule has 0 aliphatic heterocycles. The van der Waals surface area contributed by atoms with Crippen LogP contribution < -0.4 is 20.5 Å². The number of benzene rings is 2. The van der Waals surface area contributed by atoms with Crippen molar-refractivity contribution in [3.63, 3.8) is 0 Å². The molecular weight excluding hydrogens is 356 g/mol. The van der Waals surface area contributed by atoms with Gasteiger partial charge in [-0.2, -0.15) is 0 Å². The molecule has 0 aliphatic carbocycles. The van der Waals surface area contributed by atoms with Crippen molar-refractivity contribution < 1.29 is 19.1 Å². The van der Waals surface area contributed by atoms with Crippen molar-refractivity contribution in [3.05, 3.63) is 59.7 Å². The molecule has 0 aromatic heterocycles. The predicted octanol–water partition coefficient (Wildman–Crippen LogP) is 3.51. The molecule has 3 N–H and O–H groups in total. The molecule has 0 saturated carbocycles. The Labute approximate surface area is 165 Å². The molecule has 2 aromatic carbocycles. The Morgan fingerprint density at radius 2 is 1.75 bits per heavy atom. The lowest BCUT2D eigenvalue weighted by molar-refractivity contribution is -0.120. The van der Waals surface area contributed by atoms with E-state index in [9.17, 15) is 9.59 Å². The lowest BCUT2D eigenvalue weighted by Crippen LogP contribution is -2.20. The van der Waals surface area contributed by atoms with E-state index < -0.39 is 5.91 Å². The molecule has 0 saturated heterocycles. The number of ether oxygens (including phenoxy) is 2. The highest BCUT2D eigenvalue weighted by molar-refractivity contribution is 6.01. The Morgan fingerprint density at radius 3 is 2.32 bits per heavy atom. The van der Waals surface area contributed by atoms with Gasteiger partial charge in [0.25, 0.3) is 5.91 Å². The van der Waals surface area contributed by atoms with Gasteiger partial charge in [-0.05, 0) is 46.9 Å². The maximum Gasteiger partial charge on any atom is 0.255 e. The zero-order valence-corrected chi connectivity index (χ0v) is 16.6. The highest BCUT2D eigenvalue weighted by Gasteiger charge is 2.13. The molecule has 0 bridgehead atoms. The summed E-state index contributed by atoms with van der Waals surface area (Å²) in [5.41, 5.74) is 7.82. The Kier molecular flexibility index (Phi) is 6.82. The van der Waals surface area contributed by atoms with E-state index >= 15 is 0 Å². The minimum atomic E-state index is -0.571. The third-order valence-corrected chi connectivity index (χ3v) is 4.00. The van der Waals surface area contributed by atoms with E-state index in [-0.39, 0.29) is 17.9 Å². The van der Waals surface area contributed by atoms with Crippen LogP contribution in [0.25, 0.3) is 6.08 Å². The van der Waals surface area contributed by atoms with Gasteiger partial charge in [-0.25, -0.2) is 0 Å². The maximum atomic E-state index is 12.2. The van der Waals surface area contributed by atoms with Gasteiger partial charge >= 0.3 is 0 Å². The van der Waals surface area contributed by atoms with E-state index in [1.54, 1.807) is 24.3 Å². The third kappa shape index (κ3) is 6.16. The minimum Gasteiger partial charge on any atom is -0.493 e. The van der Waals surface area contributed by atoms with Gasteiger partial charge in [0.15, 0.2) is 18.1 Å². The number of rotatable bonds is 7. The molecule has 0 radical (unpaired) electrons. The largest absolute Gasteiger partial charge is 0.493 e. The van der Waals surface area contributed by atoms with Gasteiger partial charge in [0, 0.05) is 11.8 Å². The summed E-state index contributed by atoms with van der Waals surface area (Å²) in [6, 6.07) is 12.9. The first-order valence-electron chi connectivity index (χ1n) is 8.88. The first-order chi connectivity index (χ1) is 13.2. The number of amides is 2. The van der Waals surface area contributed by atoms with Crippen molar-refractivity contribution in [1.82, 2.24) is 0 Å². The summed E-state index contributed by atoms with van der Waals surface area (Å²) < 4.78 is 10.5. The molecule has 0 fully saturated rings. The first kappa shape index (κ1) is 21.0. The zero-order chi connectivity index (χ0) is 20.7. The fraction of sp³-hybridized carbons (Fsp3) is 0.273. The zero-order valence-electron chi connectivity index (χ0n) is 16.6. The van der Waals surface area contributed by atoms with Crippen LogP contribution in [0.4, 0.5) is 5.69 Å². The molecule has 0 unspecified atom stereocenters. The second-order valence-corrected chi connectivity index (χ2v) is 7.32. The molecule has 0 spiro atoms. The fourth-order valence-corrected chi connectivity index (χ4v) is 2.47. The Hall–Kier alpha value is -3.28. The first-order valence-corrected chi connectivity index (χ1v) is 8.88. The van der Waals surface area contributed by atoms with Crippen molar-refractivity contribution in [3.8, 4) is 11.5 Å². The molecule has 2 amide bonds. The molecule has 148 valence electrons. The Morgan fingerprint density at radius 1 is 1.07 bits per heavy atom. The number of anilines is 1. The molecule has 28 heavy (non-hydrogen) atoms. The second-order valence-electron chi connectivity index (χ2n) is 7.32. The number of carbonyl (C=O) groups excluding carboxylic acids is 2. The molecule has 0 heterocycles. The highest BCUT2D eigenvalue weighted by atomic mass is 16.5. The van der Waals surface area contributed by atoms with Gasteiger partial charge in [0.2, 0.25) is 5.91 Å². The van der Waals surface area contributed by atoms with E-state index in [1.165, 1.54) is 18.7 Å². The number of nitrogens with two attached hydrogens (primary N) is 1. The summed E-state index contributed by atoms with van der Waals surface area (Å²) in [4.78, 5) is 23.0. The van der Waals surface area contributed by atoms with Crippen LogP contribution in [-0.4, -0.2) is 25.5 Å². The fourth-order valence-electron chi connectivity index (χ4n) is 2.47. The molecule has 0 aliphatic rings. The van der Waals surface area contributed by atoms with Crippen molar-refractivity contribution in [2.75, 3.05) is 19.0 Å². The van der Waals surface area contributed by atoms with Crippen LogP contribution in [0.15, 0.2) is 48.5 Å². The van der Waals surface area contributed by atoms with Gasteiger partial charge in [-0.1, -0.05) is 39.0 Å². The normalized spacial score (nSPS) is 11.3. The van der Waals surface area contributed by atoms with Crippen molar-refractivity contribution in [1.29, 1.82) is 0 Å². The number of hydrogen-bond acceptors (Lipinski definition) is 4. The molecule has 2 rings (SSSR count). The van der Waals surface area contributed by atoms with Crippen molar-refractivity contribution in [2.24, 2.45) is 5.73 Å². The average Bonchev–Trinajstić information content (AvgIpc) is 2.64. The van der Waals surface area contributed by atoms with E-state index in [1.807, 2.05) is 24.3 Å². The highest BCUT2D eigenvalue weighted by Crippen LogP contribution is 2.28. The van der Waals surface area contributed by atoms with Gasteiger partial charge in [-0.3, -0.25) is 9.59 Å². The minimum absolute atomic E-state index is 0.0643. The van der Waals surface area contributed by atoms with E-state index in [2.05, 4.69) is 26.1 Å². The lowest BCUT2D eigenvalue weighted by Gasteiger charge is -2.19. The van der Waals surface area contributed by atoms with E-state index in [4.69, 9.17) is 15.2 Å². The van der Waals surface area contributed by atoms with E-state index in [0.717, 1.165) is 11.3 Å². The second kappa shape index (κ2) is 9.08. The van der Waals surface area contributed by atoms with Gasteiger partial charge in [0.1, 0.15) is 0 Å². The Balaban J connectivity index is 2.02. The van der Waals surface area contributed by atoms with Crippen LogP contribution >= 0.6 is 0 Å². The maximum absolute atomic E-state index is 12.2. The SMILES string of the molecule is COc1cc(C=CC(=O)Nc2ccc(C(C)(C)C)cc2)ccc1OCC(N)=O. The summed E-state index contributed by atoms with van der Waals surface area (Å²) in [6.45, 7) is 6.19. The van der Waals surface area contributed by atoms with Crippen LogP contribution in [0.2, 0.25) is 0 Å². The number of hydrogen-bond donors (Lipinski definition) is 2. The van der Waals surface area contributed by atoms with Crippen LogP contribution in [-0.2, 0) is 15.0 Å². The number of nitrogens with one attached hydrogen (secondary N) is 1. The monoisotopic (exact) mass is 382 g/mol. The van der Waals surface area contributed by atoms with Crippen LogP contribution in [0.1, 0.15) is 31.9 Å². The smallest absolute Gasteiger partial charge is 0.255 e. The summed E-state index contributed by atoms with van der Waals surface area (Å²) in [5.74, 6) is 0.0400. The number of primary amides is 1. The molecule has 0 atom stereocenters. The molecular formula is C22H26N2O4.